The molecule has 3 unspecified atom stereocenters. The van der Waals surface area contributed by atoms with Crippen LogP contribution in [0.3, 0.4) is 0 Å². The normalized spacial score (nSPS) is 14.3. The molecule has 0 fully saturated rings. The van der Waals surface area contributed by atoms with Gasteiger partial charge < -0.3 is 28.8 Å². The van der Waals surface area contributed by atoms with Crippen molar-refractivity contribution in [3.8, 4) is 0 Å². The molecule has 0 saturated heterocycles. The maximum Gasteiger partial charge on any atom is 0.268 e. The van der Waals surface area contributed by atoms with Gasteiger partial charge in [-0.3, -0.25) is 9.36 Å². The number of hydrogen-bond donors (Lipinski definition) is 2. The number of amides is 1. The molecule has 0 radical (unpaired) electrons. The number of phosphoric ester groups is 1. The molecule has 58 heavy (non-hydrogen) atoms. The second-order valence-corrected chi connectivity index (χ2v) is 19.9. The molecule has 0 aliphatic rings. The van der Waals surface area contributed by atoms with E-state index in [1.165, 1.54) is 180 Å². The smallest absolute Gasteiger partial charge is 0.268 e. The van der Waals surface area contributed by atoms with Gasteiger partial charge in [-0.1, -0.05) is 212 Å². The summed E-state index contributed by atoms with van der Waals surface area (Å²) in [6.07, 6.45) is 47.8. The van der Waals surface area contributed by atoms with Gasteiger partial charge in [-0.15, -0.1) is 0 Å². The van der Waals surface area contributed by atoms with E-state index < -0.39 is 20.0 Å². The van der Waals surface area contributed by atoms with Crippen LogP contribution < -0.4 is 10.2 Å². The molecule has 0 aromatic rings. The van der Waals surface area contributed by atoms with Gasteiger partial charge in [0.2, 0.25) is 5.91 Å². The van der Waals surface area contributed by atoms with Crippen LogP contribution >= 0.6 is 7.82 Å². The van der Waals surface area contributed by atoms with Crippen molar-refractivity contribution in [1.82, 2.24) is 5.32 Å². The Hall–Kier alpha value is -0.760. The summed E-state index contributed by atoms with van der Waals surface area (Å²) in [7, 11) is 1.31. The summed E-state index contributed by atoms with van der Waals surface area (Å²) in [5, 5.41) is 14.0. The standard InChI is InChI=1S/C49H99N2O6P/c1-6-8-10-12-14-16-18-20-22-24-26-28-30-32-34-36-38-40-42-48(52)47(46-57-58(54,55)56-45-44-51(3,4)5)50-49(53)43-41-39-37-35-33-31-29-27-25-23-21-19-17-15-13-11-9-7-2/h23,25,47-48,52H,6-22,24,26-46H2,1-5H3,(H-,50,53,54,55)/b25-23-. The van der Waals surface area contributed by atoms with Gasteiger partial charge in [-0.25, -0.2) is 0 Å². The zero-order valence-electron chi connectivity index (χ0n) is 39.3. The first kappa shape index (κ1) is 57.2. The van der Waals surface area contributed by atoms with Crippen LogP contribution in [-0.4, -0.2) is 68.5 Å². The molecule has 0 heterocycles. The van der Waals surface area contributed by atoms with E-state index in [4.69, 9.17) is 9.05 Å². The van der Waals surface area contributed by atoms with Crippen molar-refractivity contribution in [1.29, 1.82) is 0 Å². The summed E-state index contributed by atoms with van der Waals surface area (Å²) in [4.78, 5) is 25.4. The number of likely N-dealkylation sites (N-methyl/N-ethyl adjacent to an activating group) is 1. The lowest BCUT2D eigenvalue weighted by molar-refractivity contribution is -0.870. The fraction of sp³-hybridized carbons (Fsp3) is 0.939. The van der Waals surface area contributed by atoms with Crippen LogP contribution in [0, 0.1) is 0 Å². The zero-order chi connectivity index (χ0) is 42.8. The summed E-state index contributed by atoms with van der Waals surface area (Å²) in [5.41, 5.74) is 0. The van der Waals surface area contributed by atoms with Crippen molar-refractivity contribution >= 4 is 13.7 Å². The largest absolute Gasteiger partial charge is 0.756 e. The lowest BCUT2D eigenvalue weighted by Gasteiger charge is -2.30. The van der Waals surface area contributed by atoms with E-state index >= 15 is 0 Å². The highest BCUT2D eigenvalue weighted by Gasteiger charge is 2.24. The van der Waals surface area contributed by atoms with Crippen LogP contribution in [-0.2, 0) is 18.4 Å². The van der Waals surface area contributed by atoms with E-state index in [2.05, 4.69) is 31.3 Å². The lowest BCUT2D eigenvalue weighted by atomic mass is 10.0. The van der Waals surface area contributed by atoms with E-state index in [-0.39, 0.29) is 19.1 Å². The number of hydrogen-bond acceptors (Lipinski definition) is 6. The number of aliphatic hydroxyl groups is 1. The van der Waals surface area contributed by atoms with Crippen molar-refractivity contribution in [3.63, 3.8) is 0 Å². The molecule has 346 valence electrons. The maximum atomic E-state index is 12.9. The molecule has 0 aromatic carbocycles. The molecule has 2 N–H and O–H groups in total. The number of carbonyl (C=O) groups excluding carboxylic acids is 1. The molecular formula is C49H99N2O6P. The number of rotatable bonds is 46. The van der Waals surface area contributed by atoms with Crippen LogP contribution in [0.25, 0.3) is 0 Å². The van der Waals surface area contributed by atoms with E-state index in [0.717, 1.165) is 38.5 Å². The van der Waals surface area contributed by atoms with Crippen LogP contribution in [0.2, 0.25) is 0 Å². The molecule has 0 bridgehead atoms. The van der Waals surface area contributed by atoms with Gasteiger partial charge in [0.05, 0.1) is 39.9 Å². The molecular weight excluding hydrogens is 744 g/mol. The van der Waals surface area contributed by atoms with Gasteiger partial charge >= 0.3 is 0 Å². The molecule has 9 heteroatoms. The summed E-state index contributed by atoms with van der Waals surface area (Å²) in [5.74, 6) is -0.166. The first-order valence-corrected chi connectivity index (χ1v) is 26.5. The van der Waals surface area contributed by atoms with Gasteiger partial charge in [-0.05, 0) is 38.5 Å². The lowest BCUT2D eigenvalue weighted by Crippen LogP contribution is -2.46. The minimum absolute atomic E-state index is 0.0135. The summed E-state index contributed by atoms with van der Waals surface area (Å²) in [6.45, 7) is 4.74. The number of nitrogens with one attached hydrogen (secondary N) is 1. The molecule has 0 aliphatic heterocycles. The van der Waals surface area contributed by atoms with Crippen molar-refractivity contribution in [3.05, 3.63) is 12.2 Å². The number of unbranched alkanes of at least 4 members (excludes halogenated alkanes) is 31. The Morgan fingerprint density at radius 3 is 1.34 bits per heavy atom. The van der Waals surface area contributed by atoms with E-state index in [0.29, 0.717) is 23.9 Å². The maximum absolute atomic E-state index is 12.9. The Bertz CT molecular complexity index is 958. The summed E-state index contributed by atoms with van der Waals surface area (Å²) < 4.78 is 23.3. The molecule has 3 atom stereocenters. The monoisotopic (exact) mass is 843 g/mol. The minimum atomic E-state index is -4.56. The van der Waals surface area contributed by atoms with Crippen molar-refractivity contribution < 1.29 is 32.9 Å². The summed E-state index contributed by atoms with van der Waals surface area (Å²) >= 11 is 0. The first-order chi connectivity index (χ1) is 28.0. The number of carbonyl (C=O) groups is 1. The predicted molar refractivity (Wildman–Crippen MR) is 247 cm³/mol. The van der Waals surface area contributed by atoms with Crippen molar-refractivity contribution in [2.75, 3.05) is 40.9 Å². The number of aliphatic hydroxyl groups excluding tert-OH is 1. The molecule has 1 amide bonds. The van der Waals surface area contributed by atoms with Crippen LogP contribution in [0.5, 0.6) is 0 Å². The van der Waals surface area contributed by atoms with E-state index in [1.54, 1.807) is 0 Å². The first-order valence-electron chi connectivity index (χ1n) is 25.0. The fourth-order valence-corrected chi connectivity index (χ4v) is 8.23. The van der Waals surface area contributed by atoms with E-state index in [1.807, 2.05) is 21.1 Å². The average Bonchev–Trinajstić information content (AvgIpc) is 3.17. The van der Waals surface area contributed by atoms with Gasteiger partial charge in [0.15, 0.2) is 0 Å². The Balaban J connectivity index is 4.28. The Morgan fingerprint density at radius 1 is 0.586 bits per heavy atom. The van der Waals surface area contributed by atoms with Gasteiger partial charge in [0.25, 0.3) is 7.82 Å². The van der Waals surface area contributed by atoms with Gasteiger partial charge in [0, 0.05) is 6.42 Å². The van der Waals surface area contributed by atoms with Crippen LogP contribution in [0.4, 0.5) is 0 Å². The third-order valence-electron chi connectivity index (χ3n) is 11.5. The number of nitrogens with zero attached hydrogens (tertiary/aromatic N) is 1. The zero-order valence-corrected chi connectivity index (χ0v) is 40.2. The van der Waals surface area contributed by atoms with Gasteiger partial charge in [-0.2, -0.15) is 0 Å². The molecule has 0 aliphatic carbocycles. The number of allylic oxidation sites excluding steroid dienone is 2. The quantitative estimate of drug-likeness (QED) is 0.0273. The Kier molecular flexibility index (Phi) is 41.0. The van der Waals surface area contributed by atoms with Crippen LogP contribution in [0.1, 0.15) is 245 Å². The summed E-state index contributed by atoms with van der Waals surface area (Å²) in [6, 6.07) is -0.799. The molecule has 0 spiro atoms. The number of phosphoric acid groups is 1. The molecule has 0 saturated carbocycles. The van der Waals surface area contributed by atoms with E-state index in [9.17, 15) is 19.4 Å². The number of quaternary nitrogens is 1. The highest BCUT2D eigenvalue weighted by Crippen LogP contribution is 2.38. The van der Waals surface area contributed by atoms with Gasteiger partial charge in [0.1, 0.15) is 13.2 Å². The third-order valence-corrected chi connectivity index (χ3v) is 12.5. The Morgan fingerprint density at radius 2 is 0.948 bits per heavy atom. The minimum Gasteiger partial charge on any atom is -0.756 e. The van der Waals surface area contributed by atoms with Crippen LogP contribution in [0.15, 0.2) is 12.2 Å². The average molecular weight is 843 g/mol. The third kappa shape index (κ3) is 43.3. The second kappa shape index (κ2) is 41.6. The fourth-order valence-electron chi connectivity index (χ4n) is 7.51. The molecule has 0 rings (SSSR count). The highest BCUT2D eigenvalue weighted by atomic mass is 31.2. The SMILES string of the molecule is CCCCCCCCC/C=C\CCCCCCCCCC(=O)NC(COP(=O)([O-])OCC[N+](C)(C)C)C(O)CCCCCCCCCCCCCCCCCCCC. The second-order valence-electron chi connectivity index (χ2n) is 18.5. The highest BCUT2D eigenvalue weighted by molar-refractivity contribution is 7.45. The topological polar surface area (TPSA) is 108 Å². The van der Waals surface area contributed by atoms with Crippen molar-refractivity contribution in [2.45, 2.75) is 257 Å². The molecule has 0 aromatic heterocycles. The molecule has 8 nitrogen and oxygen atoms in total. The van der Waals surface area contributed by atoms with Crippen molar-refractivity contribution in [2.24, 2.45) is 0 Å². The Labute approximate surface area is 361 Å². The predicted octanol–water partition coefficient (Wildman–Crippen LogP) is 13.7.